The Hall–Kier alpha value is -2.14. The lowest BCUT2D eigenvalue weighted by Gasteiger charge is -2.04. The molecule has 4 nitrogen and oxygen atoms in total. The number of sulfonamides is 1. The third-order valence-electron chi connectivity index (χ3n) is 3.61. The lowest BCUT2D eigenvalue weighted by Crippen LogP contribution is -2.22. The Labute approximate surface area is 131 Å². The zero-order valence-corrected chi connectivity index (χ0v) is 13.4. The quantitative estimate of drug-likeness (QED) is 0.946. The van der Waals surface area contributed by atoms with Gasteiger partial charge in [0.05, 0.1) is 4.90 Å². The highest BCUT2D eigenvalue weighted by molar-refractivity contribution is 7.90. The average molecular weight is 314 g/mol. The van der Waals surface area contributed by atoms with Crippen LogP contribution in [0.25, 0.3) is 0 Å². The van der Waals surface area contributed by atoms with Crippen LogP contribution in [0, 0.1) is 13.8 Å². The van der Waals surface area contributed by atoms with Crippen LogP contribution in [0.2, 0.25) is 0 Å². The predicted molar refractivity (Wildman–Crippen MR) is 87.8 cm³/mol. The van der Waals surface area contributed by atoms with Crippen LogP contribution >= 0.6 is 0 Å². The number of amidine groups is 1. The van der Waals surface area contributed by atoms with Gasteiger partial charge in [0.2, 0.25) is 0 Å². The number of rotatable bonds is 3. The fourth-order valence-electron chi connectivity index (χ4n) is 2.76. The number of aliphatic imine (C=N–C) groups is 1. The van der Waals surface area contributed by atoms with Crippen LogP contribution in [-0.2, 0) is 16.4 Å². The van der Waals surface area contributed by atoms with Crippen LogP contribution in [0.4, 0.5) is 0 Å². The smallest absolute Gasteiger partial charge is 0.263 e. The maximum absolute atomic E-state index is 12.0. The summed E-state index contributed by atoms with van der Waals surface area (Å²) in [6.45, 7) is 4.70. The van der Waals surface area contributed by atoms with Crippen molar-refractivity contribution in [1.82, 2.24) is 4.72 Å². The van der Waals surface area contributed by atoms with Crippen molar-refractivity contribution in [1.29, 1.82) is 0 Å². The molecule has 0 fully saturated rings. The van der Waals surface area contributed by atoms with Crippen molar-refractivity contribution in [2.24, 2.45) is 4.99 Å². The van der Waals surface area contributed by atoms with E-state index in [2.05, 4.69) is 41.8 Å². The molecule has 2 aromatic carbocycles. The van der Waals surface area contributed by atoms with Crippen molar-refractivity contribution in [3.8, 4) is 0 Å². The summed E-state index contributed by atoms with van der Waals surface area (Å²) < 4.78 is 26.5. The van der Waals surface area contributed by atoms with Crippen LogP contribution in [0.5, 0.6) is 0 Å². The summed E-state index contributed by atoms with van der Waals surface area (Å²) in [5, 5.41) is 0. The second-order valence-electron chi connectivity index (χ2n) is 5.58. The summed E-state index contributed by atoms with van der Waals surface area (Å²) in [5.41, 5.74) is 4.34. The molecule has 0 aromatic heterocycles. The molecule has 1 N–H and O–H groups in total. The first-order chi connectivity index (χ1) is 10.5. The largest absolute Gasteiger partial charge is 0.267 e. The number of benzene rings is 2. The summed E-state index contributed by atoms with van der Waals surface area (Å²) in [7, 11) is -3.44. The normalized spacial score (nSPS) is 17.3. The second-order valence-corrected chi connectivity index (χ2v) is 7.23. The Bertz CT molecular complexity index is 834. The molecule has 114 valence electrons. The van der Waals surface area contributed by atoms with Gasteiger partial charge < -0.3 is 0 Å². The first-order valence-electron chi connectivity index (χ1n) is 7.19. The molecule has 0 spiro atoms. The van der Waals surface area contributed by atoms with Gasteiger partial charge >= 0.3 is 0 Å². The molecular formula is C17H18N2O2S. The summed E-state index contributed by atoms with van der Waals surface area (Å²) in [4.78, 5) is 4.75. The highest BCUT2D eigenvalue weighted by Gasteiger charge is 2.29. The summed E-state index contributed by atoms with van der Waals surface area (Å²) in [6.07, 6.45) is 0.788. The standard InChI is InChI=1S/C17H18N2O2S/c1-12-9-13(2)11-14(10-12)7-8-18-17-15-5-3-4-6-16(15)22(20,21)19-17/h3-6,9-11H,7-8H2,1-2H3,(H,18,19). The lowest BCUT2D eigenvalue weighted by molar-refractivity contribution is 0.595. The van der Waals surface area contributed by atoms with Gasteiger partial charge in [-0.15, -0.1) is 0 Å². The Morgan fingerprint density at radius 1 is 1.05 bits per heavy atom. The molecule has 0 aliphatic carbocycles. The number of hydrogen-bond acceptors (Lipinski definition) is 3. The molecule has 0 atom stereocenters. The third kappa shape index (κ3) is 2.90. The SMILES string of the molecule is Cc1cc(C)cc(CCN=C2NS(=O)(=O)c3ccccc32)c1. The van der Waals surface area contributed by atoms with Crippen LogP contribution in [-0.4, -0.2) is 20.8 Å². The molecule has 0 bridgehead atoms. The molecule has 0 unspecified atom stereocenters. The number of aryl methyl sites for hydroxylation is 2. The molecule has 5 heteroatoms. The van der Waals surface area contributed by atoms with E-state index in [1.807, 2.05) is 6.07 Å². The number of nitrogens with zero attached hydrogens (tertiary/aromatic N) is 1. The first-order valence-corrected chi connectivity index (χ1v) is 8.68. The second kappa shape index (κ2) is 5.57. The van der Waals surface area contributed by atoms with Gasteiger partial charge in [0.15, 0.2) is 0 Å². The molecule has 1 aliphatic heterocycles. The van der Waals surface area contributed by atoms with E-state index in [1.165, 1.54) is 16.7 Å². The highest BCUT2D eigenvalue weighted by Crippen LogP contribution is 2.22. The molecule has 0 saturated carbocycles. The summed E-state index contributed by atoms with van der Waals surface area (Å²) in [5.74, 6) is 0.444. The Morgan fingerprint density at radius 2 is 1.73 bits per heavy atom. The summed E-state index contributed by atoms with van der Waals surface area (Å²) >= 11 is 0. The number of hydrogen-bond donors (Lipinski definition) is 1. The van der Waals surface area contributed by atoms with E-state index in [4.69, 9.17) is 0 Å². The zero-order chi connectivity index (χ0) is 15.7. The van der Waals surface area contributed by atoms with Crippen LogP contribution in [0.15, 0.2) is 52.4 Å². The Balaban J connectivity index is 1.80. The molecule has 0 radical (unpaired) electrons. The minimum absolute atomic E-state index is 0.306. The third-order valence-corrected chi connectivity index (χ3v) is 5.01. The van der Waals surface area contributed by atoms with Gasteiger partial charge in [0.25, 0.3) is 10.0 Å². The maximum atomic E-state index is 12.0. The van der Waals surface area contributed by atoms with Gasteiger partial charge in [-0.25, -0.2) is 8.42 Å². The fraction of sp³-hybridized carbons (Fsp3) is 0.235. The predicted octanol–water partition coefficient (Wildman–Crippen LogP) is 2.58. The van der Waals surface area contributed by atoms with E-state index in [9.17, 15) is 8.42 Å². The van der Waals surface area contributed by atoms with Gasteiger partial charge in [-0.1, -0.05) is 41.5 Å². The monoisotopic (exact) mass is 314 g/mol. The van der Waals surface area contributed by atoms with Crippen molar-refractivity contribution in [3.05, 3.63) is 64.7 Å². The van der Waals surface area contributed by atoms with Crippen molar-refractivity contribution in [3.63, 3.8) is 0 Å². The van der Waals surface area contributed by atoms with E-state index in [0.717, 1.165) is 6.42 Å². The van der Waals surface area contributed by atoms with Gasteiger partial charge in [-0.3, -0.25) is 9.71 Å². The van der Waals surface area contributed by atoms with Crippen molar-refractivity contribution < 1.29 is 8.42 Å². The van der Waals surface area contributed by atoms with Crippen molar-refractivity contribution in [2.75, 3.05) is 6.54 Å². The molecule has 0 amide bonds. The maximum Gasteiger partial charge on any atom is 0.263 e. The molecule has 3 rings (SSSR count). The van der Waals surface area contributed by atoms with Crippen LogP contribution in [0.1, 0.15) is 22.3 Å². The molecular weight excluding hydrogens is 296 g/mol. The molecule has 1 aliphatic rings. The Kier molecular flexibility index (Phi) is 3.74. The van der Waals surface area contributed by atoms with E-state index in [0.29, 0.717) is 22.8 Å². The number of fused-ring (bicyclic) bond motifs is 1. The highest BCUT2D eigenvalue weighted by atomic mass is 32.2. The lowest BCUT2D eigenvalue weighted by atomic mass is 10.1. The van der Waals surface area contributed by atoms with Crippen molar-refractivity contribution >= 4 is 15.9 Å². The average Bonchev–Trinajstić information content (AvgIpc) is 2.70. The number of nitrogens with one attached hydrogen (secondary N) is 1. The first kappa shape index (κ1) is 14.8. The fourth-order valence-corrected chi connectivity index (χ4v) is 4.01. The minimum Gasteiger partial charge on any atom is -0.267 e. The minimum atomic E-state index is -3.44. The van der Waals surface area contributed by atoms with Crippen molar-refractivity contribution in [2.45, 2.75) is 25.2 Å². The van der Waals surface area contributed by atoms with E-state index in [-0.39, 0.29) is 0 Å². The summed E-state index contributed by atoms with van der Waals surface area (Å²) in [6, 6.07) is 13.3. The van der Waals surface area contributed by atoms with Gasteiger partial charge in [0, 0.05) is 12.1 Å². The zero-order valence-electron chi connectivity index (χ0n) is 12.6. The van der Waals surface area contributed by atoms with Gasteiger partial charge in [-0.05, 0) is 38.0 Å². The molecule has 22 heavy (non-hydrogen) atoms. The Morgan fingerprint density at radius 3 is 2.45 bits per heavy atom. The van der Waals surface area contributed by atoms with Crippen LogP contribution < -0.4 is 4.72 Å². The van der Waals surface area contributed by atoms with E-state index >= 15 is 0 Å². The van der Waals surface area contributed by atoms with Gasteiger partial charge in [-0.2, -0.15) is 0 Å². The van der Waals surface area contributed by atoms with Gasteiger partial charge in [0.1, 0.15) is 5.84 Å². The topological polar surface area (TPSA) is 58.5 Å². The molecule has 0 saturated heterocycles. The molecule has 2 aromatic rings. The van der Waals surface area contributed by atoms with E-state index < -0.39 is 10.0 Å². The van der Waals surface area contributed by atoms with E-state index in [1.54, 1.807) is 18.2 Å². The molecule has 1 heterocycles. The van der Waals surface area contributed by atoms with Crippen LogP contribution in [0.3, 0.4) is 0 Å².